The molecule has 180 valence electrons. The van der Waals surface area contributed by atoms with Crippen LogP contribution in [0.3, 0.4) is 0 Å². The van der Waals surface area contributed by atoms with Crippen LogP contribution in [0, 0.1) is 0 Å². The first kappa shape index (κ1) is 23.3. The van der Waals surface area contributed by atoms with Crippen molar-refractivity contribution in [3.63, 3.8) is 0 Å². The molecule has 0 aliphatic carbocycles. The van der Waals surface area contributed by atoms with Crippen molar-refractivity contribution in [1.29, 1.82) is 0 Å². The van der Waals surface area contributed by atoms with E-state index >= 15 is 0 Å². The minimum Gasteiger partial charge on any atom is -0.493 e. The first-order valence-corrected chi connectivity index (χ1v) is 10.3. The maximum atomic E-state index is 13.2. The number of piperidine rings is 1. The predicted octanol–water partition coefficient (Wildman–Crippen LogP) is 2.46. The van der Waals surface area contributed by atoms with Gasteiger partial charge in [-0.05, 0) is 24.3 Å². The van der Waals surface area contributed by atoms with E-state index in [9.17, 15) is 18.0 Å². The Balaban J connectivity index is 1.42. The number of hydrogen-bond donors (Lipinski definition) is 0. The molecule has 3 heterocycles. The van der Waals surface area contributed by atoms with E-state index in [-0.39, 0.29) is 36.9 Å². The molecule has 0 saturated carbocycles. The number of benzene rings is 1. The molecule has 0 spiro atoms. The summed E-state index contributed by atoms with van der Waals surface area (Å²) in [5.41, 5.74) is 0.443. The quantitative estimate of drug-likeness (QED) is 0.574. The van der Waals surface area contributed by atoms with Crippen LogP contribution in [0.2, 0.25) is 0 Å². The van der Waals surface area contributed by atoms with E-state index in [0.717, 1.165) is 5.69 Å². The third-order valence-corrected chi connectivity index (χ3v) is 5.70. The zero-order valence-corrected chi connectivity index (χ0v) is 18.1. The number of aromatic nitrogens is 2. The molecule has 0 radical (unpaired) electrons. The summed E-state index contributed by atoms with van der Waals surface area (Å²) in [5, 5.41) is 4.48. The summed E-state index contributed by atoms with van der Waals surface area (Å²) in [4.78, 5) is 14.8. The lowest BCUT2D eigenvalue weighted by Gasteiger charge is -2.40. The van der Waals surface area contributed by atoms with E-state index in [4.69, 9.17) is 18.9 Å². The van der Waals surface area contributed by atoms with Gasteiger partial charge < -0.3 is 23.8 Å². The Hall–Kier alpha value is -2.83. The highest BCUT2D eigenvalue weighted by Gasteiger charge is 2.52. The van der Waals surface area contributed by atoms with Gasteiger partial charge in [-0.15, -0.1) is 13.2 Å². The Morgan fingerprint density at radius 2 is 2.09 bits per heavy atom. The molecule has 2 saturated heterocycles. The highest BCUT2D eigenvalue weighted by Crippen LogP contribution is 2.42. The molecule has 0 N–H and O–H groups in total. The predicted molar refractivity (Wildman–Crippen MR) is 107 cm³/mol. The average molecular weight is 471 g/mol. The van der Waals surface area contributed by atoms with Crippen LogP contribution in [0.4, 0.5) is 13.2 Å². The fourth-order valence-electron chi connectivity index (χ4n) is 4.08. The molecule has 12 heteroatoms. The van der Waals surface area contributed by atoms with Gasteiger partial charge in [0.15, 0.2) is 11.5 Å². The van der Waals surface area contributed by atoms with Crippen molar-refractivity contribution in [2.75, 3.05) is 40.2 Å². The second kappa shape index (κ2) is 9.20. The summed E-state index contributed by atoms with van der Waals surface area (Å²) in [6.07, 6.45) is -2.72. The van der Waals surface area contributed by atoms with Crippen molar-refractivity contribution in [2.45, 2.75) is 24.5 Å². The third-order valence-electron chi connectivity index (χ3n) is 5.70. The molecule has 1 aromatic carbocycles. The van der Waals surface area contributed by atoms with E-state index in [1.165, 1.54) is 25.3 Å². The molecule has 0 unspecified atom stereocenters. The van der Waals surface area contributed by atoms with Crippen LogP contribution in [0.25, 0.3) is 0 Å². The minimum atomic E-state index is -4.72. The zero-order valence-electron chi connectivity index (χ0n) is 18.1. The number of ether oxygens (including phenoxy) is 5. The maximum absolute atomic E-state index is 13.2. The molecular weight excluding hydrogens is 447 g/mol. The summed E-state index contributed by atoms with van der Waals surface area (Å²) in [7, 11) is 3.21. The van der Waals surface area contributed by atoms with Gasteiger partial charge in [0.05, 0.1) is 26.0 Å². The van der Waals surface area contributed by atoms with Gasteiger partial charge in [0.2, 0.25) is 0 Å². The van der Waals surface area contributed by atoms with Crippen LogP contribution in [0.1, 0.15) is 22.5 Å². The summed E-state index contributed by atoms with van der Waals surface area (Å²) in [6.45, 7) is -0.108. The van der Waals surface area contributed by atoms with Crippen LogP contribution >= 0.6 is 0 Å². The number of likely N-dealkylation sites (tertiary alicyclic amines) is 1. The number of alkyl halides is 3. The number of carbonyl (C=O) groups is 1. The molecule has 9 nitrogen and oxygen atoms in total. The zero-order chi connectivity index (χ0) is 23.6. The van der Waals surface area contributed by atoms with Crippen LogP contribution in [-0.4, -0.2) is 73.3 Å². The number of rotatable bonds is 7. The monoisotopic (exact) mass is 471 g/mol. The maximum Gasteiger partial charge on any atom is 0.522 e. The topological polar surface area (TPSA) is 84.3 Å². The molecule has 2 atom stereocenters. The number of methoxy groups -OCH3 is 1. The van der Waals surface area contributed by atoms with Crippen molar-refractivity contribution in [3.05, 3.63) is 41.7 Å². The van der Waals surface area contributed by atoms with Crippen molar-refractivity contribution in [3.8, 4) is 11.5 Å². The van der Waals surface area contributed by atoms with E-state index < -0.39 is 18.6 Å². The number of hydrogen-bond acceptors (Lipinski definition) is 7. The molecule has 2 fully saturated rings. The molecule has 0 bridgehead atoms. The van der Waals surface area contributed by atoms with Gasteiger partial charge >= 0.3 is 6.36 Å². The SMILES string of the molecule is COc1cc(C(=O)N2CC[C@@]3(c4ccn(C)n4)OCO[C@H]3C2)ccc1OCCOC(F)(F)F. The summed E-state index contributed by atoms with van der Waals surface area (Å²) >= 11 is 0. The Bertz CT molecular complexity index is 998. The van der Waals surface area contributed by atoms with Crippen molar-refractivity contribution < 1.29 is 41.7 Å². The molecular formula is C21H24F3N3O6. The Morgan fingerprint density at radius 3 is 2.79 bits per heavy atom. The number of nitrogens with zero attached hydrogens (tertiary/aromatic N) is 3. The molecule has 2 aliphatic heterocycles. The van der Waals surface area contributed by atoms with Crippen molar-refractivity contribution in [2.24, 2.45) is 7.05 Å². The summed E-state index contributed by atoms with van der Waals surface area (Å²) in [5.74, 6) is 0.207. The number of amides is 1. The number of fused-ring (bicyclic) bond motifs is 1. The molecule has 2 aromatic rings. The van der Waals surface area contributed by atoms with E-state index in [0.29, 0.717) is 25.1 Å². The molecule has 1 aromatic heterocycles. The second-order valence-electron chi connectivity index (χ2n) is 7.69. The van der Waals surface area contributed by atoms with Gasteiger partial charge in [0.25, 0.3) is 5.91 Å². The lowest BCUT2D eigenvalue weighted by Crippen LogP contribution is -2.53. The Kier molecular flexibility index (Phi) is 6.50. The lowest BCUT2D eigenvalue weighted by molar-refractivity contribution is -0.325. The van der Waals surface area contributed by atoms with Crippen LogP contribution in [0.5, 0.6) is 11.5 Å². The smallest absolute Gasteiger partial charge is 0.493 e. The summed E-state index contributed by atoms with van der Waals surface area (Å²) in [6, 6.07) is 6.41. The van der Waals surface area contributed by atoms with Gasteiger partial charge in [-0.2, -0.15) is 5.10 Å². The highest BCUT2D eigenvalue weighted by atomic mass is 19.4. The van der Waals surface area contributed by atoms with Crippen molar-refractivity contribution >= 4 is 5.91 Å². The van der Waals surface area contributed by atoms with E-state index in [1.807, 2.05) is 19.3 Å². The standard InChI is InChI=1S/C21H24F3N3O6/c1-26-7-5-17(25-26)20-6-8-27(12-18(20)31-13-33-20)19(28)14-3-4-15(16(11-14)29-2)30-9-10-32-21(22,23)24/h3-5,7,11,18H,6,8-10,12-13H2,1-2H3/t18-,20-/m0/s1. The summed E-state index contributed by atoms with van der Waals surface area (Å²) < 4.78 is 63.9. The molecule has 2 aliphatic rings. The van der Waals surface area contributed by atoms with Gasteiger partial charge in [0, 0.05) is 31.8 Å². The van der Waals surface area contributed by atoms with Crippen molar-refractivity contribution in [1.82, 2.24) is 14.7 Å². The highest BCUT2D eigenvalue weighted by molar-refractivity contribution is 5.95. The lowest BCUT2D eigenvalue weighted by atomic mass is 9.85. The van der Waals surface area contributed by atoms with Gasteiger partial charge in [0.1, 0.15) is 25.1 Å². The van der Waals surface area contributed by atoms with Crippen LogP contribution in [0.15, 0.2) is 30.5 Å². The first-order valence-electron chi connectivity index (χ1n) is 10.3. The minimum absolute atomic E-state index is 0.126. The molecule has 4 rings (SSSR count). The first-order chi connectivity index (χ1) is 15.7. The Morgan fingerprint density at radius 1 is 1.27 bits per heavy atom. The van der Waals surface area contributed by atoms with E-state index in [1.54, 1.807) is 9.58 Å². The molecule has 1 amide bonds. The average Bonchev–Trinajstić information content (AvgIpc) is 3.42. The fraction of sp³-hybridized carbons (Fsp3) is 0.524. The number of carbonyl (C=O) groups excluding carboxylic acids is 1. The Labute approximate surface area is 187 Å². The molecule has 33 heavy (non-hydrogen) atoms. The third kappa shape index (κ3) is 4.92. The fourth-order valence-corrected chi connectivity index (χ4v) is 4.08. The number of halogens is 3. The van der Waals surface area contributed by atoms with Gasteiger partial charge in [-0.1, -0.05) is 0 Å². The number of aryl methyl sites for hydroxylation is 1. The largest absolute Gasteiger partial charge is 0.522 e. The van der Waals surface area contributed by atoms with Gasteiger partial charge in [-0.3, -0.25) is 14.2 Å². The second-order valence-corrected chi connectivity index (χ2v) is 7.69. The van der Waals surface area contributed by atoms with Crippen LogP contribution in [-0.2, 0) is 26.9 Å². The van der Waals surface area contributed by atoms with E-state index in [2.05, 4.69) is 9.84 Å². The normalized spacial score (nSPS) is 22.8. The van der Waals surface area contributed by atoms with Crippen LogP contribution < -0.4 is 9.47 Å². The van der Waals surface area contributed by atoms with Gasteiger partial charge in [-0.25, -0.2) is 0 Å².